The molecule has 0 radical (unpaired) electrons. The van der Waals surface area contributed by atoms with Crippen molar-refractivity contribution < 1.29 is 19.0 Å². The fourth-order valence-corrected chi connectivity index (χ4v) is 3.58. The molecule has 0 aromatic heterocycles. The summed E-state index contributed by atoms with van der Waals surface area (Å²) >= 11 is 0. The Bertz CT molecular complexity index is 812. The molecule has 0 unspecified atom stereocenters. The van der Waals surface area contributed by atoms with Gasteiger partial charge in [0, 0.05) is 18.2 Å². The second-order valence-electron chi connectivity index (χ2n) is 7.52. The Labute approximate surface area is 173 Å². The Balaban J connectivity index is 1.55. The van der Waals surface area contributed by atoms with Crippen LogP contribution in [0.4, 0.5) is 5.69 Å². The molecule has 0 amide bonds. The molecule has 1 fully saturated rings. The zero-order valence-corrected chi connectivity index (χ0v) is 17.8. The molecular formula is C24H31NO4. The largest absolute Gasteiger partial charge is 0.490 e. The fraction of sp³-hybridized carbons (Fsp3) is 0.458. The van der Waals surface area contributed by atoms with E-state index in [-0.39, 0.29) is 17.8 Å². The van der Waals surface area contributed by atoms with Crippen LogP contribution in [0, 0.1) is 0 Å². The fourth-order valence-electron chi connectivity index (χ4n) is 3.58. The number of rotatable bonds is 10. The number of hydrogen-bond donors (Lipinski definition) is 0. The molecule has 3 rings (SSSR count). The van der Waals surface area contributed by atoms with Crippen LogP contribution in [0.3, 0.4) is 0 Å². The summed E-state index contributed by atoms with van der Waals surface area (Å²) in [4.78, 5) is 13.6. The van der Waals surface area contributed by atoms with Crippen LogP contribution in [0.25, 0.3) is 0 Å². The van der Waals surface area contributed by atoms with Crippen molar-refractivity contribution in [1.82, 2.24) is 0 Å². The molecule has 1 aliphatic rings. The van der Waals surface area contributed by atoms with Crippen molar-refractivity contribution in [2.75, 3.05) is 31.2 Å². The maximum Gasteiger partial charge on any atom is 0.163 e. The van der Waals surface area contributed by atoms with Gasteiger partial charge in [-0.25, -0.2) is 0 Å². The van der Waals surface area contributed by atoms with Crippen molar-refractivity contribution in [2.24, 2.45) is 0 Å². The summed E-state index contributed by atoms with van der Waals surface area (Å²) in [6.45, 7) is 10.6. The van der Waals surface area contributed by atoms with Gasteiger partial charge in [-0.1, -0.05) is 19.1 Å². The molecule has 1 heterocycles. The first-order valence-corrected chi connectivity index (χ1v) is 10.4. The molecule has 29 heavy (non-hydrogen) atoms. The van der Waals surface area contributed by atoms with Crippen LogP contribution in [-0.2, 0) is 4.79 Å². The third-order valence-electron chi connectivity index (χ3n) is 5.09. The van der Waals surface area contributed by atoms with E-state index in [1.54, 1.807) is 6.92 Å². The van der Waals surface area contributed by atoms with Gasteiger partial charge in [-0.2, -0.15) is 0 Å². The minimum Gasteiger partial charge on any atom is -0.490 e. The Morgan fingerprint density at radius 3 is 2.31 bits per heavy atom. The number of carbonyl (C=O) groups is 1. The molecule has 1 saturated heterocycles. The van der Waals surface area contributed by atoms with Crippen LogP contribution in [0.5, 0.6) is 17.2 Å². The smallest absolute Gasteiger partial charge is 0.163 e. The van der Waals surface area contributed by atoms with Crippen LogP contribution in [0.15, 0.2) is 42.5 Å². The lowest BCUT2D eigenvalue weighted by molar-refractivity contribution is -0.117. The predicted molar refractivity (Wildman–Crippen MR) is 116 cm³/mol. The van der Waals surface area contributed by atoms with Gasteiger partial charge in [0.15, 0.2) is 11.5 Å². The van der Waals surface area contributed by atoms with E-state index in [9.17, 15) is 4.79 Å². The van der Waals surface area contributed by atoms with Crippen LogP contribution in [-0.4, -0.2) is 38.2 Å². The molecule has 5 nitrogen and oxygen atoms in total. The maximum absolute atomic E-state index is 11.3. The van der Waals surface area contributed by atoms with Crippen molar-refractivity contribution in [3.63, 3.8) is 0 Å². The molecule has 1 aliphatic heterocycles. The van der Waals surface area contributed by atoms with Gasteiger partial charge in [0.1, 0.15) is 17.6 Å². The second kappa shape index (κ2) is 9.68. The second-order valence-corrected chi connectivity index (χ2v) is 7.52. The summed E-state index contributed by atoms with van der Waals surface area (Å²) in [6.07, 6.45) is 0.737. The summed E-state index contributed by atoms with van der Waals surface area (Å²) in [7, 11) is 0. The topological polar surface area (TPSA) is 48.0 Å². The van der Waals surface area contributed by atoms with Crippen LogP contribution < -0.4 is 19.1 Å². The van der Waals surface area contributed by atoms with E-state index < -0.39 is 0 Å². The summed E-state index contributed by atoms with van der Waals surface area (Å²) < 4.78 is 17.5. The average Bonchev–Trinajstić information content (AvgIpc) is 2.66. The highest BCUT2D eigenvalue weighted by molar-refractivity contribution is 5.76. The standard InChI is InChI=1S/C24H31NO4/c1-5-27-23-12-9-20(14-24(23)28-6-2)25-15-22(16-25)29-21-10-7-19(8-11-21)17(3)13-18(4)26/h7-12,14,17,22H,5-6,13,15-16H2,1-4H3/t17-/m1/s1. The van der Waals surface area contributed by atoms with Gasteiger partial charge in [0.25, 0.3) is 0 Å². The minimum atomic E-state index is 0.164. The molecule has 0 saturated carbocycles. The van der Waals surface area contributed by atoms with E-state index in [0.717, 1.165) is 36.0 Å². The lowest BCUT2D eigenvalue weighted by Crippen LogP contribution is -2.54. The maximum atomic E-state index is 11.3. The van der Waals surface area contributed by atoms with Gasteiger partial charge in [0.05, 0.1) is 26.3 Å². The number of anilines is 1. The van der Waals surface area contributed by atoms with Gasteiger partial charge in [-0.15, -0.1) is 0 Å². The molecule has 156 valence electrons. The van der Waals surface area contributed by atoms with E-state index in [4.69, 9.17) is 14.2 Å². The Kier molecular flexibility index (Phi) is 7.02. The van der Waals surface area contributed by atoms with Gasteiger partial charge in [0.2, 0.25) is 0 Å². The molecule has 2 aromatic carbocycles. The zero-order chi connectivity index (χ0) is 20.8. The first-order valence-electron chi connectivity index (χ1n) is 10.4. The third-order valence-corrected chi connectivity index (χ3v) is 5.09. The Morgan fingerprint density at radius 1 is 1.03 bits per heavy atom. The minimum absolute atomic E-state index is 0.164. The summed E-state index contributed by atoms with van der Waals surface area (Å²) in [6, 6.07) is 14.2. The lowest BCUT2D eigenvalue weighted by Gasteiger charge is -2.40. The number of carbonyl (C=O) groups excluding carboxylic acids is 1. The van der Waals surface area contributed by atoms with Crippen LogP contribution in [0.2, 0.25) is 0 Å². The van der Waals surface area contributed by atoms with Gasteiger partial charge in [-0.05, 0) is 56.5 Å². The number of ether oxygens (including phenoxy) is 3. The van der Waals surface area contributed by atoms with E-state index in [1.807, 2.05) is 38.1 Å². The van der Waals surface area contributed by atoms with Crippen molar-refractivity contribution in [3.05, 3.63) is 48.0 Å². The van der Waals surface area contributed by atoms with Gasteiger partial charge in [-0.3, -0.25) is 0 Å². The molecule has 0 N–H and O–H groups in total. The molecule has 0 bridgehead atoms. The number of hydrogen-bond acceptors (Lipinski definition) is 5. The molecule has 2 aromatic rings. The zero-order valence-electron chi connectivity index (χ0n) is 17.8. The van der Waals surface area contributed by atoms with Crippen molar-refractivity contribution in [3.8, 4) is 17.2 Å². The first kappa shape index (κ1) is 21.0. The highest BCUT2D eigenvalue weighted by Gasteiger charge is 2.29. The Hall–Kier alpha value is -2.69. The third kappa shape index (κ3) is 5.43. The van der Waals surface area contributed by atoms with Gasteiger partial charge >= 0.3 is 0 Å². The van der Waals surface area contributed by atoms with Crippen LogP contribution >= 0.6 is 0 Å². The Morgan fingerprint density at radius 2 is 1.69 bits per heavy atom. The van der Waals surface area contributed by atoms with Crippen molar-refractivity contribution >= 4 is 11.5 Å². The SMILES string of the molecule is CCOc1ccc(N2CC(Oc3ccc([C@H](C)CC(C)=O)cc3)C2)cc1OCC. The first-order chi connectivity index (χ1) is 14.0. The lowest BCUT2D eigenvalue weighted by atomic mass is 9.96. The molecule has 1 atom stereocenters. The van der Waals surface area contributed by atoms with Gasteiger partial charge < -0.3 is 23.9 Å². The summed E-state index contributed by atoms with van der Waals surface area (Å²) in [5.41, 5.74) is 2.28. The molecule has 5 heteroatoms. The molecular weight excluding hydrogens is 366 g/mol. The summed E-state index contributed by atoms with van der Waals surface area (Å²) in [5.74, 6) is 2.89. The monoisotopic (exact) mass is 397 g/mol. The normalized spacial score (nSPS) is 14.8. The van der Waals surface area contributed by atoms with Crippen molar-refractivity contribution in [1.29, 1.82) is 0 Å². The number of Topliss-reactive ketones (excluding diaryl/α,β-unsaturated/α-hetero) is 1. The van der Waals surface area contributed by atoms with Crippen molar-refractivity contribution in [2.45, 2.75) is 46.1 Å². The number of ketones is 1. The van der Waals surface area contributed by atoms with E-state index >= 15 is 0 Å². The quantitative estimate of drug-likeness (QED) is 0.574. The number of benzene rings is 2. The molecule has 0 aliphatic carbocycles. The van der Waals surface area contributed by atoms with E-state index in [0.29, 0.717) is 19.6 Å². The number of nitrogens with zero attached hydrogens (tertiary/aromatic N) is 1. The summed E-state index contributed by atoms with van der Waals surface area (Å²) in [5, 5.41) is 0. The molecule has 0 spiro atoms. The predicted octanol–water partition coefficient (Wildman–Crippen LogP) is 4.83. The van der Waals surface area contributed by atoms with Crippen LogP contribution in [0.1, 0.15) is 45.6 Å². The average molecular weight is 398 g/mol. The van der Waals surface area contributed by atoms with E-state index in [1.165, 1.54) is 5.56 Å². The highest BCUT2D eigenvalue weighted by atomic mass is 16.5. The van der Waals surface area contributed by atoms with E-state index in [2.05, 4.69) is 30.0 Å². The highest BCUT2D eigenvalue weighted by Crippen LogP contribution is 2.34.